The highest BCUT2D eigenvalue weighted by atomic mass is 16.7. The van der Waals surface area contributed by atoms with Crippen LogP contribution < -0.4 is 0 Å². The Kier molecular flexibility index (Phi) is 6.60. The van der Waals surface area contributed by atoms with Crippen molar-refractivity contribution in [1.82, 2.24) is 0 Å². The van der Waals surface area contributed by atoms with Gasteiger partial charge in [0.05, 0.1) is 19.8 Å². The molecule has 7 atom stereocenters. The number of rotatable bonds is 4. The van der Waals surface area contributed by atoms with Crippen molar-refractivity contribution in [2.45, 2.75) is 92.3 Å². The zero-order valence-electron chi connectivity index (χ0n) is 23.2. The fourth-order valence-electron chi connectivity index (χ4n) is 8.98. The summed E-state index contributed by atoms with van der Waals surface area (Å²) in [4.78, 5) is 25.7. The molecule has 1 heterocycles. The van der Waals surface area contributed by atoms with Crippen molar-refractivity contribution in [3.8, 4) is 0 Å². The van der Waals surface area contributed by atoms with Crippen LogP contribution in [0.1, 0.15) is 86.5 Å². The van der Waals surface area contributed by atoms with Gasteiger partial charge >= 0.3 is 5.97 Å². The number of allylic oxidation sites excluding steroid dienone is 3. The van der Waals surface area contributed by atoms with Crippen LogP contribution in [0.25, 0.3) is 0 Å². The maximum absolute atomic E-state index is 13.8. The first-order valence-electron chi connectivity index (χ1n) is 14.3. The molecule has 4 fully saturated rings. The summed E-state index contributed by atoms with van der Waals surface area (Å²) in [6, 6.07) is 0. The van der Waals surface area contributed by atoms with Gasteiger partial charge < -0.3 is 14.2 Å². The standard InChI is InChI=1S/C31H46O5/c1-7-34-26(33)11-8-20(2)22-9-10-23-27-24(12-13-30(22,23)6)29(5)14-15-31(17-21(29)16-25(27)32)18-35-28(3,4)36-19-31/h8,11,16,20,22-24,27H,7,9-10,12-15,17-19H2,1-6H3/b11-8+/t20-,22?,23?,24?,27?,29+,30-/m1/s1. The number of hydrogen-bond acceptors (Lipinski definition) is 5. The SMILES string of the molecule is CCOC(=O)/C=C/[C@@H](C)C1CCC2C3C(=O)C=C4CC5(CC[C@]4(C)C3CC[C@@]21C)COC(C)(C)OC5. The van der Waals surface area contributed by atoms with Gasteiger partial charge in [-0.3, -0.25) is 4.79 Å². The molecule has 1 aliphatic heterocycles. The van der Waals surface area contributed by atoms with Crippen molar-refractivity contribution in [3.63, 3.8) is 0 Å². The molecule has 0 aromatic carbocycles. The minimum absolute atomic E-state index is 0.0102. The second kappa shape index (κ2) is 9.08. The molecule has 5 aliphatic rings. The second-order valence-electron chi connectivity index (χ2n) is 13.6. The third-order valence-corrected chi connectivity index (χ3v) is 11.2. The van der Waals surface area contributed by atoms with Crippen molar-refractivity contribution < 1.29 is 23.8 Å². The van der Waals surface area contributed by atoms with E-state index in [0.29, 0.717) is 36.1 Å². The van der Waals surface area contributed by atoms with Crippen LogP contribution in [0.3, 0.4) is 0 Å². The minimum atomic E-state index is -0.511. The van der Waals surface area contributed by atoms with Gasteiger partial charge in [0.15, 0.2) is 11.6 Å². The lowest BCUT2D eigenvalue weighted by Gasteiger charge is -2.59. The monoisotopic (exact) mass is 498 g/mol. The molecule has 0 amide bonds. The van der Waals surface area contributed by atoms with Crippen LogP contribution in [0.15, 0.2) is 23.8 Å². The van der Waals surface area contributed by atoms with Gasteiger partial charge in [-0.05, 0) is 106 Å². The Balaban J connectivity index is 1.36. The van der Waals surface area contributed by atoms with E-state index in [1.807, 2.05) is 26.8 Å². The largest absolute Gasteiger partial charge is 0.463 e. The molecule has 0 aromatic rings. The van der Waals surface area contributed by atoms with Crippen molar-refractivity contribution in [3.05, 3.63) is 23.8 Å². The van der Waals surface area contributed by atoms with Crippen molar-refractivity contribution in [1.29, 1.82) is 0 Å². The highest BCUT2D eigenvalue weighted by molar-refractivity contribution is 5.94. The lowest BCUT2D eigenvalue weighted by Crippen LogP contribution is -2.56. The molecule has 3 saturated carbocycles. The Labute approximate surface area is 217 Å². The van der Waals surface area contributed by atoms with Gasteiger partial charge in [-0.2, -0.15) is 0 Å². The molecule has 5 nitrogen and oxygen atoms in total. The quantitative estimate of drug-likeness (QED) is 0.338. The Morgan fingerprint density at radius 1 is 1.08 bits per heavy atom. The van der Waals surface area contributed by atoms with Crippen LogP contribution in [0.5, 0.6) is 0 Å². The Morgan fingerprint density at radius 3 is 2.50 bits per heavy atom. The summed E-state index contributed by atoms with van der Waals surface area (Å²) in [5.74, 6) is 1.40. The van der Waals surface area contributed by atoms with E-state index in [9.17, 15) is 9.59 Å². The molecule has 0 aromatic heterocycles. The van der Waals surface area contributed by atoms with E-state index in [-0.39, 0.29) is 28.1 Å². The topological polar surface area (TPSA) is 61.8 Å². The van der Waals surface area contributed by atoms with Gasteiger partial charge in [-0.1, -0.05) is 32.4 Å². The third kappa shape index (κ3) is 4.22. The zero-order valence-corrected chi connectivity index (χ0v) is 23.2. The number of ether oxygens (including phenoxy) is 3. The summed E-state index contributed by atoms with van der Waals surface area (Å²) in [6.45, 7) is 14.8. The molecule has 5 heteroatoms. The molecule has 1 spiro atoms. The average molecular weight is 499 g/mol. The molecule has 36 heavy (non-hydrogen) atoms. The van der Waals surface area contributed by atoms with Gasteiger partial charge in [-0.25, -0.2) is 4.79 Å². The first-order chi connectivity index (χ1) is 16.9. The maximum Gasteiger partial charge on any atom is 0.330 e. The van der Waals surface area contributed by atoms with Crippen molar-refractivity contribution >= 4 is 11.8 Å². The normalized spacial score (nSPS) is 41.8. The first-order valence-corrected chi connectivity index (χ1v) is 14.3. The third-order valence-electron chi connectivity index (χ3n) is 11.2. The zero-order chi connectivity index (χ0) is 25.9. The van der Waals surface area contributed by atoms with Gasteiger partial charge in [-0.15, -0.1) is 0 Å². The fourth-order valence-corrected chi connectivity index (χ4v) is 8.98. The molecule has 0 radical (unpaired) electrons. The Morgan fingerprint density at radius 2 is 1.81 bits per heavy atom. The number of carbonyl (C=O) groups excluding carboxylic acids is 2. The Hall–Kier alpha value is -1.46. The van der Waals surface area contributed by atoms with Crippen molar-refractivity contribution in [2.24, 2.45) is 45.8 Å². The summed E-state index contributed by atoms with van der Waals surface area (Å²) in [5.41, 5.74) is 1.61. The second-order valence-corrected chi connectivity index (χ2v) is 13.6. The number of hydrogen-bond donors (Lipinski definition) is 0. The van der Waals surface area contributed by atoms with Crippen LogP contribution in [0.2, 0.25) is 0 Å². The number of esters is 1. The van der Waals surface area contributed by atoms with E-state index in [1.165, 1.54) is 12.0 Å². The molecule has 1 saturated heterocycles. The smallest absolute Gasteiger partial charge is 0.330 e. The molecular formula is C31H46O5. The highest BCUT2D eigenvalue weighted by Crippen LogP contribution is 2.67. The van der Waals surface area contributed by atoms with E-state index < -0.39 is 5.79 Å². The van der Waals surface area contributed by atoms with E-state index in [4.69, 9.17) is 14.2 Å². The minimum Gasteiger partial charge on any atom is -0.463 e. The van der Waals surface area contributed by atoms with Crippen LogP contribution >= 0.6 is 0 Å². The molecule has 5 rings (SSSR count). The van der Waals surface area contributed by atoms with E-state index >= 15 is 0 Å². The number of fused-ring (bicyclic) bond motifs is 5. The average Bonchev–Trinajstić information content (AvgIpc) is 3.18. The van der Waals surface area contributed by atoms with Gasteiger partial charge in [0.25, 0.3) is 0 Å². The lowest BCUT2D eigenvalue weighted by molar-refractivity contribution is -0.290. The van der Waals surface area contributed by atoms with Crippen LogP contribution in [0, 0.1) is 45.8 Å². The predicted octanol–water partition coefficient (Wildman–Crippen LogP) is 6.27. The highest BCUT2D eigenvalue weighted by Gasteiger charge is 2.62. The summed E-state index contributed by atoms with van der Waals surface area (Å²) >= 11 is 0. The van der Waals surface area contributed by atoms with Crippen LogP contribution in [0.4, 0.5) is 0 Å². The molecule has 4 unspecified atom stereocenters. The summed E-state index contributed by atoms with van der Waals surface area (Å²) in [6.07, 6.45) is 13.4. The molecule has 4 aliphatic carbocycles. The van der Waals surface area contributed by atoms with Gasteiger partial charge in [0.2, 0.25) is 0 Å². The summed E-state index contributed by atoms with van der Waals surface area (Å²) < 4.78 is 17.3. The van der Waals surface area contributed by atoms with Crippen molar-refractivity contribution in [2.75, 3.05) is 19.8 Å². The van der Waals surface area contributed by atoms with Gasteiger partial charge in [0.1, 0.15) is 0 Å². The first kappa shape index (κ1) is 26.2. The Bertz CT molecular complexity index is 952. The lowest BCUT2D eigenvalue weighted by atomic mass is 9.45. The van der Waals surface area contributed by atoms with E-state index in [2.05, 4.69) is 26.8 Å². The van der Waals surface area contributed by atoms with E-state index in [0.717, 1.165) is 51.7 Å². The molecule has 0 N–H and O–H groups in total. The fraction of sp³-hybridized carbons (Fsp3) is 0.806. The van der Waals surface area contributed by atoms with E-state index in [1.54, 1.807) is 6.08 Å². The van der Waals surface area contributed by atoms with Gasteiger partial charge in [0, 0.05) is 17.4 Å². The van der Waals surface area contributed by atoms with Crippen LogP contribution in [-0.4, -0.2) is 37.4 Å². The number of carbonyl (C=O) groups is 2. The van der Waals surface area contributed by atoms with Crippen LogP contribution in [-0.2, 0) is 23.8 Å². The number of ketones is 1. The molecular weight excluding hydrogens is 452 g/mol. The molecule has 0 bridgehead atoms. The predicted molar refractivity (Wildman–Crippen MR) is 139 cm³/mol. The molecule has 200 valence electrons. The summed E-state index contributed by atoms with van der Waals surface area (Å²) in [5, 5.41) is 0. The summed E-state index contributed by atoms with van der Waals surface area (Å²) in [7, 11) is 0. The maximum atomic E-state index is 13.8.